The van der Waals surface area contributed by atoms with Crippen molar-refractivity contribution < 1.29 is 9.84 Å². The van der Waals surface area contributed by atoms with Crippen molar-refractivity contribution in [2.75, 3.05) is 13.7 Å². The molecule has 0 aromatic carbocycles. The van der Waals surface area contributed by atoms with Crippen LogP contribution in [-0.2, 0) is 11.3 Å². The first-order valence-corrected chi connectivity index (χ1v) is 4.85. The van der Waals surface area contributed by atoms with Crippen LogP contribution in [0.3, 0.4) is 0 Å². The Morgan fingerprint density at radius 1 is 1.64 bits per heavy atom. The van der Waals surface area contributed by atoms with E-state index in [1.54, 1.807) is 18.0 Å². The summed E-state index contributed by atoms with van der Waals surface area (Å²) < 4.78 is 6.60. The Morgan fingerprint density at radius 3 is 3.07 bits per heavy atom. The van der Waals surface area contributed by atoms with E-state index >= 15 is 0 Å². The van der Waals surface area contributed by atoms with E-state index in [0.717, 1.165) is 25.1 Å². The molecule has 1 aromatic heterocycles. The molecule has 80 valence electrons. The molecule has 0 aliphatic carbocycles. The number of aliphatic hydroxyl groups excluding tert-OH is 1. The number of hydrogen-bond acceptors (Lipinski definition) is 4. The minimum Gasteiger partial charge on any atom is -0.384 e. The first-order chi connectivity index (χ1) is 6.79. The van der Waals surface area contributed by atoms with Crippen molar-refractivity contribution in [3.8, 4) is 0 Å². The number of nitrogens with zero attached hydrogens (tertiary/aromatic N) is 3. The van der Waals surface area contributed by atoms with Gasteiger partial charge in [-0.1, -0.05) is 18.6 Å². The van der Waals surface area contributed by atoms with E-state index in [1.165, 1.54) is 0 Å². The van der Waals surface area contributed by atoms with E-state index < -0.39 is 6.10 Å². The fourth-order valence-corrected chi connectivity index (χ4v) is 1.25. The quantitative estimate of drug-likeness (QED) is 0.734. The molecule has 1 heterocycles. The molecule has 1 aromatic rings. The van der Waals surface area contributed by atoms with Gasteiger partial charge in [-0.2, -0.15) is 0 Å². The van der Waals surface area contributed by atoms with E-state index in [4.69, 9.17) is 4.74 Å². The van der Waals surface area contributed by atoms with Gasteiger partial charge in [-0.05, 0) is 6.42 Å². The highest BCUT2D eigenvalue weighted by Crippen LogP contribution is 2.11. The monoisotopic (exact) mass is 199 g/mol. The highest BCUT2D eigenvalue weighted by molar-refractivity contribution is 4.98. The molecule has 14 heavy (non-hydrogen) atoms. The average Bonchev–Trinajstić information content (AvgIpc) is 2.63. The summed E-state index contributed by atoms with van der Waals surface area (Å²) in [6, 6.07) is 0. The maximum absolute atomic E-state index is 9.66. The number of unbranched alkanes of at least 4 members (excludes halogenated alkanes) is 1. The molecule has 0 aliphatic heterocycles. The smallest absolute Gasteiger partial charge is 0.120 e. The Morgan fingerprint density at radius 2 is 2.43 bits per heavy atom. The van der Waals surface area contributed by atoms with Gasteiger partial charge in [-0.15, -0.1) is 5.10 Å². The van der Waals surface area contributed by atoms with Crippen molar-refractivity contribution in [1.82, 2.24) is 15.0 Å². The maximum Gasteiger partial charge on any atom is 0.120 e. The Balaban J connectivity index is 2.61. The second-order valence-electron chi connectivity index (χ2n) is 3.21. The van der Waals surface area contributed by atoms with Crippen molar-refractivity contribution >= 4 is 0 Å². The molecule has 0 radical (unpaired) electrons. The third kappa shape index (κ3) is 2.78. The van der Waals surface area contributed by atoms with Crippen molar-refractivity contribution in [2.24, 2.45) is 0 Å². The molecule has 0 saturated heterocycles. The lowest BCUT2D eigenvalue weighted by Crippen LogP contribution is -2.13. The fourth-order valence-electron chi connectivity index (χ4n) is 1.25. The van der Waals surface area contributed by atoms with Crippen molar-refractivity contribution in [3.05, 3.63) is 11.9 Å². The summed E-state index contributed by atoms with van der Waals surface area (Å²) in [4.78, 5) is 0. The predicted octanol–water partition coefficient (Wildman–Crippen LogP) is 0.758. The molecule has 1 rings (SSSR count). The van der Waals surface area contributed by atoms with Gasteiger partial charge in [0, 0.05) is 13.7 Å². The average molecular weight is 199 g/mol. The molecule has 0 spiro atoms. The van der Waals surface area contributed by atoms with Crippen LogP contribution in [0.2, 0.25) is 0 Å². The fraction of sp³-hybridized carbons (Fsp3) is 0.778. The Kier molecular flexibility index (Phi) is 4.55. The van der Waals surface area contributed by atoms with Gasteiger partial charge in [0.25, 0.3) is 0 Å². The van der Waals surface area contributed by atoms with E-state index in [-0.39, 0.29) is 6.61 Å². The predicted molar refractivity (Wildman–Crippen MR) is 51.8 cm³/mol. The third-order valence-corrected chi connectivity index (χ3v) is 2.04. The second-order valence-corrected chi connectivity index (χ2v) is 3.21. The summed E-state index contributed by atoms with van der Waals surface area (Å²) in [6.45, 7) is 3.19. The largest absolute Gasteiger partial charge is 0.384 e. The molecular formula is C9H17N3O2. The van der Waals surface area contributed by atoms with Gasteiger partial charge in [0.15, 0.2) is 0 Å². The van der Waals surface area contributed by atoms with Crippen LogP contribution in [0.1, 0.15) is 31.6 Å². The number of hydrogen-bond donors (Lipinski definition) is 1. The van der Waals surface area contributed by atoms with E-state index in [2.05, 4.69) is 17.2 Å². The van der Waals surface area contributed by atoms with Crippen LogP contribution in [0, 0.1) is 0 Å². The number of rotatable bonds is 6. The number of methoxy groups -OCH3 is 1. The highest BCUT2D eigenvalue weighted by Gasteiger charge is 2.13. The maximum atomic E-state index is 9.66. The van der Waals surface area contributed by atoms with Gasteiger partial charge in [0.2, 0.25) is 0 Å². The zero-order chi connectivity index (χ0) is 10.4. The van der Waals surface area contributed by atoms with E-state index in [9.17, 15) is 5.11 Å². The molecule has 0 aliphatic rings. The SMILES string of the molecule is CCCCn1nncc1[C@H](O)COC. The molecule has 0 saturated carbocycles. The second kappa shape index (κ2) is 5.72. The van der Waals surface area contributed by atoms with Gasteiger partial charge in [-0.3, -0.25) is 0 Å². The molecule has 1 N–H and O–H groups in total. The van der Waals surface area contributed by atoms with Gasteiger partial charge in [-0.25, -0.2) is 4.68 Å². The number of aryl methyl sites for hydroxylation is 1. The van der Waals surface area contributed by atoms with Crippen LogP contribution >= 0.6 is 0 Å². The van der Waals surface area contributed by atoms with Gasteiger partial charge < -0.3 is 9.84 Å². The zero-order valence-electron chi connectivity index (χ0n) is 8.68. The Bertz CT molecular complexity index is 262. The summed E-state index contributed by atoms with van der Waals surface area (Å²) >= 11 is 0. The molecule has 0 bridgehead atoms. The summed E-state index contributed by atoms with van der Waals surface area (Å²) in [5, 5.41) is 17.3. The summed E-state index contributed by atoms with van der Waals surface area (Å²) in [5.41, 5.74) is 0.723. The first kappa shape index (κ1) is 11.1. The van der Waals surface area contributed by atoms with Gasteiger partial charge in [0.1, 0.15) is 6.10 Å². The van der Waals surface area contributed by atoms with Crippen LogP contribution < -0.4 is 0 Å². The Hall–Kier alpha value is -0.940. The molecule has 1 atom stereocenters. The number of aliphatic hydroxyl groups is 1. The Labute approximate surface area is 83.7 Å². The summed E-state index contributed by atoms with van der Waals surface area (Å²) in [6.07, 6.45) is 3.08. The molecule has 5 nitrogen and oxygen atoms in total. The standard InChI is InChI=1S/C9H17N3O2/c1-3-4-5-12-8(6-10-11-12)9(13)7-14-2/h6,9,13H,3-5,7H2,1-2H3/t9-/m1/s1. The number of aromatic nitrogens is 3. The summed E-state index contributed by atoms with van der Waals surface area (Å²) in [7, 11) is 1.56. The van der Waals surface area contributed by atoms with Crippen LogP contribution in [0.4, 0.5) is 0 Å². The van der Waals surface area contributed by atoms with E-state index in [0.29, 0.717) is 0 Å². The van der Waals surface area contributed by atoms with Gasteiger partial charge >= 0.3 is 0 Å². The lowest BCUT2D eigenvalue weighted by Gasteiger charge is -2.10. The molecule has 5 heteroatoms. The minimum absolute atomic E-state index is 0.277. The van der Waals surface area contributed by atoms with Crippen LogP contribution in [0.15, 0.2) is 6.20 Å². The van der Waals surface area contributed by atoms with Crippen molar-refractivity contribution in [1.29, 1.82) is 0 Å². The first-order valence-electron chi connectivity index (χ1n) is 4.85. The van der Waals surface area contributed by atoms with E-state index in [1.807, 2.05) is 0 Å². The number of ether oxygens (including phenoxy) is 1. The lowest BCUT2D eigenvalue weighted by molar-refractivity contribution is 0.0584. The topological polar surface area (TPSA) is 60.2 Å². The molecular weight excluding hydrogens is 182 g/mol. The summed E-state index contributed by atoms with van der Waals surface area (Å²) in [5.74, 6) is 0. The van der Waals surface area contributed by atoms with Crippen LogP contribution in [0.25, 0.3) is 0 Å². The molecule has 0 unspecified atom stereocenters. The highest BCUT2D eigenvalue weighted by atomic mass is 16.5. The molecule has 0 amide bonds. The third-order valence-electron chi connectivity index (χ3n) is 2.04. The minimum atomic E-state index is -0.633. The van der Waals surface area contributed by atoms with Crippen LogP contribution in [0.5, 0.6) is 0 Å². The zero-order valence-corrected chi connectivity index (χ0v) is 8.68. The molecule has 0 fully saturated rings. The normalized spacial score (nSPS) is 13.1. The van der Waals surface area contributed by atoms with Crippen molar-refractivity contribution in [2.45, 2.75) is 32.4 Å². The van der Waals surface area contributed by atoms with Crippen molar-refractivity contribution in [3.63, 3.8) is 0 Å². The van der Waals surface area contributed by atoms with Gasteiger partial charge in [0.05, 0.1) is 18.5 Å². The lowest BCUT2D eigenvalue weighted by atomic mass is 10.2. The van der Waals surface area contributed by atoms with Crippen LogP contribution in [-0.4, -0.2) is 33.8 Å².